The second-order valence-corrected chi connectivity index (χ2v) is 10.9. The van der Waals surface area contributed by atoms with Crippen LogP contribution in [0.15, 0.2) is 36.5 Å². The van der Waals surface area contributed by atoms with Crippen molar-refractivity contribution in [2.45, 2.75) is 25.3 Å². The van der Waals surface area contributed by atoms with Gasteiger partial charge in [-0.25, -0.2) is 9.37 Å². The first-order chi connectivity index (χ1) is 22.1. The summed E-state index contributed by atoms with van der Waals surface area (Å²) in [5.74, 6) is -2.90. The summed E-state index contributed by atoms with van der Waals surface area (Å²) in [6.07, 6.45) is 5.28. The molecule has 0 spiro atoms. The molecular formula is C31H37ClF2N6O6. The van der Waals surface area contributed by atoms with Gasteiger partial charge in [0.2, 0.25) is 5.82 Å². The number of hydrogen-bond acceptors (Lipinski definition) is 8. The van der Waals surface area contributed by atoms with Gasteiger partial charge in [-0.1, -0.05) is 11.6 Å². The van der Waals surface area contributed by atoms with Gasteiger partial charge in [0.25, 0.3) is 18.3 Å². The lowest BCUT2D eigenvalue weighted by atomic mass is 10.0. The van der Waals surface area contributed by atoms with Gasteiger partial charge in [0, 0.05) is 43.3 Å². The van der Waals surface area contributed by atoms with Gasteiger partial charge in [-0.05, 0) is 69.7 Å². The molecule has 12 nitrogen and oxygen atoms in total. The second kappa shape index (κ2) is 17.3. The Morgan fingerprint density at radius 3 is 2.39 bits per heavy atom. The molecule has 1 atom stereocenters. The molecule has 2 aromatic carbocycles. The van der Waals surface area contributed by atoms with Gasteiger partial charge in [0.15, 0.2) is 17.4 Å². The van der Waals surface area contributed by atoms with Crippen LogP contribution in [0.1, 0.15) is 40.2 Å². The van der Waals surface area contributed by atoms with Crippen molar-refractivity contribution in [1.82, 2.24) is 25.1 Å². The van der Waals surface area contributed by atoms with E-state index in [0.717, 1.165) is 38.6 Å². The van der Waals surface area contributed by atoms with Crippen LogP contribution in [0, 0.1) is 17.6 Å². The molecule has 4 N–H and O–H groups in total. The van der Waals surface area contributed by atoms with E-state index >= 15 is 0 Å². The smallest absolute Gasteiger partial charge is 0.291 e. The van der Waals surface area contributed by atoms with E-state index in [0.29, 0.717) is 30.3 Å². The van der Waals surface area contributed by atoms with E-state index < -0.39 is 17.5 Å². The summed E-state index contributed by atoms with van der Waals surface area (Å²) in [6, 6.07) is 7.52. The minimum absolute atomic E-state index is 0.0259. The Labute approximate surface area is 270 Å². The highest BCUT2D eigenvalue weighted by Gasteiger charge is 2.27. The number of imidazole rings is 1. The minimum atomic E-state index is -1.13. The second-order valence-electron chi connectivity index (χ2n) is 10.5. The van der Waals surface area contributed by atoms with E-state index in [2.05, 4.69) is 20.9 Å². The number of aldehydes is 1. The van der Waals surface area contributed by atoms with E-state index in [1.165, 1.54) is 43.1 Å². The molecule has 3 aromatic rings. The number of piperidine rings is 1. The number of carbonyl (C=O) groups is 4. The monoisotopic (exact) mass is 662 g/mol. The lowest BCUT2D eigenvalue weighted by Crippen LogP contribution is -2.33. The van der Waals surface area contributed by atoms with Crippen LogP contribution >= 0.6 is 11.6 Å². The average molecular weight is 663 g/mol. The number of nitrogens with one attached hydrogen (secondary N) is 3. The number of benzene rings is 2. The Kier molecular flexibility index (Phi) is 13.6. The third-order valence-electron chi connectivity index (χ3n) is 7.65. The zero-order valence-electron chi connectivity index (χ0n) is 25.7. The Bertz CT molecular complexity index is 1530. The summed E-state index contributed by atoms with van der Waals surface area (Å²) in [4.78, 5) is 49.9. The van der Waals surface area contributed by atoms with Crippen LogP contribution in [0.4, 0.5) is 14.5 Å². The van der Waals surface area contributed by atoms with Crippen molar-refractivity contribution in [2.24, 2.45) is 13.0 Å². The lowest BCUT2D eigenvalue weighted by Gasteiger charge is -2.17. The minimum Gasteiger partial charge on any atom is -0.494 e. The molecule has 5 rings (SSSR count). The Hall–Kier alpha value is -4.40. The molecule has 0 saturated carbocycles. The molecular weight excluding hydrogens is 626 g/mol. The summed E-state index contributed by atoms with van der Waals surface area (Å²) in [6.45, 7) is 3.02. The SMILES string of the molecule is CNC1CCN(C(=O)c2ccc(NC(=O)c3ncc(-c4ccc(OC)c(F)c4F)n3C)cc2Cl)C1.O=CC1CCNCC1.O=CO. The van der Waals surface area contributed by atoms with Gasteiger partial charge in [-0.15, -0.1) is 0 Å². The summed E-state index contributed by atoms with van der Waals surface area (Å²) in [7, 11) is 4.62. The molecule has 1 unspecified atom stereocenters. The summed E-state index contributed by atoms with van der Waals surface area (Å²) in [5, 5.41) is 16.1. The number of rotatable bonds is 7. The fourth-order valence-corrected chi connectivity index (χ4v) is 5.30. The number of ether oxygens (including phenoxy) is 1. The number of carbonyl (C=O) groups excluding carboxylic acids is 3. The fraction of sp³-hybridized carbons (Fsp3) is 0.387. The van der Waals surface area contributed by atoms with Crippen molar-refractivity contribution in [3.05, 3.63) is 64.6 Å². The molecule has 248 valence electrons. The number of aromatic nitrogens is 2. The van der Waals surface area contributed by atoms with Gasteiger partial charge in [0.1, 0.15) is 6.29 Å². The predicted octanol–water partition coefficient (Wildman–Crippen LogP) is 3.60. The van der Waals surface area contributed by atoms with Crippen LogP contribution in [0.3, 0.4) is 0 Å². The third-order valence-corrected chi connectivity index (χ3v) is 7.96. The highest BCUT2D eigenvalue weighted by atomic mass is 35.5. The molecule has 2 aliphatic rings. The number of likely N-dealkylation sites (N-methyl/N-ethyl adjacent to an activating group) is 1. The maximum Gasteiger partial charge on any atom is 0.291 e. The summed E-state index contributed by atoms with van der Waals surface area (Å²) in [5.41, 5.74) is 0.847. The topological polar surface area (TPSA) is 155 Å². The molecule has 2 amide bonds. The van der Waals surface area contributed by atoms with E-state index in [4.69, 9.17) is 26.2 Å². The van der Waals surface area contributed by atoms with Gasteiger partial charge in [-0.2, -0.15) is 4.39 Å². The van der Waals surface area contributed by atoms with E-state index in [9.17, 15) is 23.2 Å². The average Bonchev–Trinajstić information content (AvgIpc) is 3.70. The van der Waals surface area contributed by atoms with E-state index in [1.54, 1.807) is 17.0 Å². The summed E-state index contributed by atoms with van der Waals surface area (Å²) >= 11 is 6.35. The Balaban J connectivity index is 0.000000445. The maximum absolute atomic E-state index is 14.5. The number of methoxy groups -OCH3 is 1. The first kappa shape index (κ1) is 36.1. The molecule has 2 aliphatic heterocycles. The van der Waals surface area contributed by atoms with Crippen LogP contribution in [0.5, 0.6) is 5.75 Å². The first-order valence-electron chi connectivity index (χ1n) is 14.4. The van der Waals surface area contributed by atoms with E-state index in [-0.39, 0.29) is 46.3 Å². The molecule has 3 heterocycles. The van der Waals surface area contributed by atoms with Crippen molar-refractivity contribution in [3.63, 3.8) is 0 Å². The molecule has 2 fully saturated rings. The molecule has 2 saturated heterocycles. The number of anilines is 1. The number of likely N-dealkylation sites (tertiary alicyclic amines) is 1. The van der Waals surface area contributed by atoms with Gasteiger partial charge < -0.3 is 40.1 Å². The zero-order valence-corrected chi connectivity index (χ0v) is 26.4. The molecule has 15 heteroatoms. The first-order valence-corrected chi connectivity index (χ1v) is 14.8. The number of carboxylic acid groups (broad SMARTS) is 1. The highest BCUT2D eigenvalue weighted by molar-refractivity contribution is 6.34. The van der Waals surface area contributed by atoms with Crippen LogP contribution in [-0.2, 0) is 16.6 Å². The van der Waals surface area contributed by atoms with Crippen molar-refractivity contribution in [3.8, 4) is 17.0 Å². The lowest BCUT2D eigenvalue weighted by molar-refractivity contribution is -0.122. The standard InChI is InChI=1S/C24H24ClF2N5O3.C6H11NO.CH2O2/c1-28-14-8-9-32(12-14)24(34)15-5-4-13(10-17(15)25)30-23(33)22-29-11-18(31(22)2)16-6-7-19(35-3)21(27)20(16)26;8-5-6-1-3-7-4-2-6;2-1-3/h4-7,10-11,14,28H,8-9,12H2,1-3H3,(H,30,33);5-7H,1-4H2;1H,(H,2,3). The zero-order chi connectivity index (χ0) is 33.8. The van der Waals surface area contributed by atoms with Crippen molar-refractivity contribution >= 4 is 41.9 Å². The van der Waals surface area contributed by atoms with Gasteiger partial charge in [0.05, 0.1) is 29.6 Å². The van der Waals surface area contributed by atoms with Gasteiger partial charge >= 0.3 is 0 Å². The van der Waals surface area contributed by atoms with Crippen LogP contribution in [-0.4, -0.2) is 90.5 Å². The van der Waals surface area contributed by atoms with Gasteiger partial charge in [-0.3, -0.25) is 14.4 Å². The normalized spacial score (nSPS) is 16.0. The number of nitrogens with zero attached hydrogens (tertiary/aromatic N) is 3. The predicted molar refractivity (Wildman–Crippen MR) is 168 cm³/mol. The van der Waals surface area contributed by atoms with Crippen molar-refractivity contribution in [2.75, 3.05) is 45.7 Å². The molecule has 46 heavy (non-hydrogen) atoms. The third kappa shape index (κ3) is 8.86. The Morgan fingerprint density at radius 1 is 1.13 bits per heavy atom. The largest absolute Gasteiger partial charge is 0.494 e. The number of amides is 2. The van der Waals surface area contributed by atoms with Crippen LogP contribution in [0.25, 0.3) is 11.3 Å². The number of hydrogen-bond donors (Lipinski definition) is 4. The Morgan fingerprint density at radius 2 is 1.83 bits per heavy atom. The molecule has 1 aromatic heterocycles. The number of halogens is 3. The molecule has 0 bridgehead atoms. The highest BCUT2D eigenvalue weighted by Crippen LogP contribution is 2.30. The molecule has 0 aliphatic carbocycles. The van der Waals surface area contributed by atoms with Crippen LogP contribution < -0.4 is 20.7 Å². The van der Waals surface area contributed by atoms with Crippen LogP contribution in [0.2, 0.25) is 5.02 Å². The summed E-state index contributed by atoms with van der Waals surface area (Å²) < 4.78 is 34.8. The van der Waals surface area contributed by atoms with E-state index in [1.807, 2.05) is 7.05 Å². The fourth-order valence-electron chi connectivity index (χ4n) is 5.04. The van der Waals surface area contributed by atoms with Crippen molar-refractivity contribution < 1.29 is 37.8 Å². The van der Waals surface area contributed by atoms with Crippen molar-refractivity contribution in [1.29, 1.82) is 0 Å². The quantitative estimate of drug-likeness (QED) is 0.278. The molecule has 0 radical (unpaired) electrons. The maximum atomic E-state index is 14.5.